The van der Waals surface area contributed by atoms with E-state index >= 15 is 0 Å². The summed E-state index contributed by atoms with van der Waals surface area (Å²) in [7, 11) is 0. The molecule has 0 bridgehead atoms. The van der Waals surface area contributed by atoms with E-state index in [9.17, 15) is 0 Å². The summed E-state index contributed by atoms with van der Waals surface area (Å²) in [6.07, 6.45) is 0. The molecule has 0 spiro atoms. The minimum atomic E-state index is 0.970. The molecule has 0 aliphatic rings. The van der Waals surface area contributed by atoms with Gasteiger partial charge in [0.25, 0.3) is 0 Å². The second-order valence-electron chi connectivity index (χ2n) is 25.9. The number of nitrogens with zero attached hydrogens (tertiary/aromatic N) is 6. The van der Waals surface area contributed by atoms with Gasteiger partial charge in [0.2, 0.25) is 0 Å². The zero-order valence-corrected chi connectivity index (χ0v) is 52.4. The Kier molecular flexibility index (Phi) is 11.4. The van der Waals surface area contributed by atoms with E-state index < -0.39 is 0 Å². The molecule has 6 heteroatoms. The zero-order valence-electron chi connectivity index (χ0n) is 52.4. The molecule has 19 aromatic rings. The highest BCUT2D eigenvalue weighted by atomic mass is 15.0. The summed E-state index contributed by atoms with van der Waals surface area (Å²) < 4.78 is 7.08. The summed E-state index contributed by atoms with van der Waals surface area (Å²) in [5.41, 5.74) is 34.0. The lowest BCUT2D eigenvalue weighted by atomic mass is 9.85. The third kappa shape index (κ3) is 7.91. The van der Waals surface area contributed by atoms with Crippen LogP contribution in [0.4, 0.5) is 0 Å². The highest BCUT2D eigenvalue weighted by Gasteiger charge is 2.23. The monoisotopic (exact) mass is 1190 g/mol. The lowest BCUT2D eigenvalue weighted by Gasteiger charge is -2.19. The van der Waals surface area contributed by atoms with Crippen molar-refractivity contribution in [2.45, 2.75) is 41.5 Å². The minimum absolute atomic E-state index is 0.970. The molecule has 19 rings (SSSR count). The summed E-state index contributed by atoms with van der Waals surface area (Å²) in [4.78, 5) is 15.9. The number of hydrogen-bond donors (Lipinski definition) is 0. The molecule has 438 valence electrons. The van der Waals surface area contributed by atoms with Gasteiger partial charge in [0.05, 0.1) is 49.7 Å². The summed E-state index contributed by atoms with van der Waals surface area (Å²) in [5.74, 6) is 0. The Morgan fingerprint density at radius 2 is 0.441 bits per heavy atom. The molecule has 0 radical (unpaired) electrons. The van der Waals surface area contributed by atoms with Gasteiger partial charge in [-0.1, -0.05) is 127 Å². The maximum absolute atomic E-state index is 5.31. The van der Waals surface area contributed by atoms with Crippen molar-refractivity contribution in [2.24, 2.45) is 0 Å². The van der Waals surface area contributed by atoms with E-state index in [1.807, 2.05) is 0 Å². The van der Waals surface area contributed by atoms with Gasteiger partial charge in [-0.25, -0.2) is 15.0 Å². The number of benzene rings is 13. The molecule has 6 nitrogen and oxygen atoms in total. The normalized spacial score (nSPS) is 12.2. The van der Waals surface area contributed by atoms with Gasteiger partial charge in [-0.05, 0) is 285 Å². The van der Waals surface area contributed by atoms with E-state index in [0.717, 1.165) is 150 Å². The molecule has 6 heterocycles. The minimum Gasteiger partial charge on any atom is -0.292 e. The third-order valence-corrected chi connectivity index (χ3v) is 20.5. The summed E-state index contributed by atoms with van der Waals surface area (Å²) >= 11 is 0. The van der Waals surface area contributed by atoms with Crippen molar-refractivity contribution >= 4 is 115 Å². The first-order valence-corrected chi connectivity index (χ1v) is 32.2. The molecule has 0 aliphatic heterocycles. The van der Waals surface area contributed by atoms with Gasteiger partial charge in [-0.15, -0.1) is 0 Å². The lowest BCUT2D eigenvalue weighted by Crippen LogP contribution is -1.95. The van der Waals surface area contributed by atoms with Gasteiger partial charge in [-0.3, -0.25) is 13.2 Å². The van der Waals surface area contributed by atoms with E-state index in [-0.39, 0.29) is 0 Å². The second kappa shape index (κ2) is 19.9. The van der Waals surface area contributed by atoms with Gasteiger partial charge < -0.3 is 0 Å². The summed E-state index contributed by atoms with van der Waals surface area (Å²) in [5, 5.41) is 10.6. The smallest absolute Gasteiger partial charge is 0.146 e. The van der Waals surface area contributed by atoms with Crippen LogP contribution in [0.1, 0.15) is 33.4 Å². The van der Waals surface area contributed by atoms with E-state index in [4.69, 9.17) is 15.0 Å². The van der Waals surface area contributed by atoms with E-state index in [1.54, 1.807) is 0 Å². The van der Waals surface area contributed by atoms with Crippen LogP contribution in [0.2, 0.25) is 0 Å². The van der Waals surface area contributed by atoms with Crippen molar-refractivity contribution in [3.63, 3.8) is 0 Å². The van der Waals surface area contributed by atoms with Crippen LogP contribution in [-0.2, 0) is 0 Å². The fourth-order valence-electron chi connectivity index (χ4n) is 15.4. The van der Waals surface area contributed by atoms with E-state index in [2.05, 4.69) is 310 Å². The standard InChI is InChI=1S/C87H60N6/c1-49-37-73-70-46-55(31-34-67(70)85-88-76-25-13-16-28-79(76)91(85)82(73)40-52(49)4)61-19-7-10-22-64(61)58-43-59(65-23-11-8-20-62(65)56-32-35-68-71(47-56)74-38-50(2)53(5)41-83(74)92-80-29-17-14-26-77(80)89-86(68)92)45-60(44-58)66-24-12-9-21-63(66)57-33-36-69-72(48-57)75-39-51(3)54(6)42-84(75)93-81-30-18-15-27-78(81)90-87(69)93/h7-48H,1-6H3. The Labute approximate surface area is 536 Å². The van der Waals surface area contributed by atoms with Crippen LogP contribution in [0, 0.1) is 41.5 Å². The SMILES string of the molecule is Cc1cc2c3cc(-c4ccccc4-c4cc(-c5ccccc5-c5ccc6c(c5)c5cc(C)c(C)cc5n5c7ccccc7nc65)cc(-c5ccccc5-c5ccc6c(c5)c5cc(C)c(C)cc5n5c7ccccc7nc65)c4)ccc3c3nc4ccccc4n3c2cc1C. The predicted octanol–water partition coefficient (Wildman–Crippen LogP) is 22.9. The van der Waals surface area contributed by atoms with Crippen molar-refractivity contribution in [3.05, 3.63) is 288 Å². The Hall–Kier alpha value is -11.7. The summed E-state index contributed by atoms with van der Waals surface area (Å²) in [6, 6.07) is 95.1. The fraction of sp³-hybridized carbons (Fsp3) is 0.0690. The Morgan fingerprint density at radius 1 is 0.194 bits per heavy atom. The number of para-hydroxylation sites is 6. The van der Waals surface area contributed by atoms with Crippen LogP contribution >= 0.6 is 0 Å². The van der Waals surface area contributed by atoms with Gasteiger partial charge in [0.15, 0.2) is 0 Å². The average molecular weight is 1190 g/mol. The molecule has 0 saturated heterocycles. The van der Waals surface area contributed by atoms with Gasteiger partial charge in [0, 0.05) is 32.3 Å². The first kappa shape index (κ1) is 53.1. The molecular weight excluding hydrogens is 1130 g/mol. The van der Waals surface area contributed by atoms with E-state index in [0.29, 0.717) is 0 Å². The Balaban J connectivity index is 0.841. The predicted molar refractivity (Wildman–Crippen MR) is 391 cm³/mol. The fourth-order valence-corrected chi connectivity index (χ4v) is 15.4. The molecule has 0 fully saturated rings. The van der Waals surface area contributed by atoms with Gasteiger partial charge in [-0.2, -0.15) is 0 Å². The molecule has 0 N–H and O–H groups in total. The number of fused-ring (bicyclic) bond motifs is 24. The molecule has 0 amide bonds. The third-order valence-electron chi connectivity index (χ3n) is 20.5. The number of rotatable bonds is 6. The molecule has 6 aromatic heterocycles. The molecule has 0 aliphatic carbocycles. The molecule has 0 atom stereocenters. The highest BCUT2D eigenvalue weighted by molar-refractivity contribution is 6.18. The molecular formula is C87H60N6. The van der Waals surface area contributed by atoms with Crippen molar-refractivity contribution < 1.29 is 0 Å². The largest absolute Gasteiger partial charge is 0.292 e. The number of imidazole rings is 3. The van der Waals surface area contributed by atoms with E-state index in [1.165, 1.54) is 65.7 Å². The molecule has 13 aromatic carbocycles. The first-order valence-electron chi connectivity index (χ1n) is 32.2. The van der Waals surface area contributed by atoms with Crippen molar-refractivity contribution in [2.75, 3.05) is 0 Å². The number of aromatic nitrogens is 6. The molecule has 93 heavy (non-hydrogen) atoms. The van der Waals surface area contributed by atoms with Gasteiger partial charge in [0.1, 0.15) is 16.9 Å². The first-order chi connectivity index (χ1) is 45.6. The van der Waals surface area contributed by atoms with Crippen LogP contribution in [0.5, 0.6) is 0 Å². The number of aryl methyl sites for hydroxylation is 6. The van der Waals surface area contributed by atoms with Crippen LogP contribution < -0.4 is 0 Å². The highest BCUT2D eigenvalue weighted by Crippen LogP contribution is 2.46. The van der Waals surface area contributed by atoms with Crippen molar-refractivity contribution in [1.82, 2.24) is 28.2 Å². The maximum Gasteiger partial charge on any atom is 0.146 e. The van der Waals surface area contributed by atoms with Crippen molar-refractivity contribution in [1.29, 1.82) is 0 Å². The lowest BCUT2D eigenvalue weighted by molar-refractivity contribution is 1.29. The number of hydrogen-bond acceptors (Lipinski definition) is 3. The zero-order chi connectivity index (χ0) is 62.1. The quantitative estimate of drug-likeness (QED) is 0.156. The van der Waals surface area contributed by atoms with Crippen LogP contribution in [0.3, 0.4) is 0 Å². The second-order valence-corrected chi connectivity index (χ2v) is 25.9. The van der Waals surface area contributed by atoms with Crippen LogP contribution in [0.25, 0.3) is 182 Å². The van der Waals surface area contributed by atoms with Crippen molar-refractivity contribution in [3.8, 4) is 66.8 Å². The van der Waals surface area contributed by atoms with Crippen LogP contribution in [-0.4, -0.2) is 28.2 Å². The Morgan fingerprint density at radius 3 is 0.731 bits per heavy atom. The molecule has 0 unspecified atom stereocenters. The topological polar surface area (TPSA) is 51.9 Å². The van der Waals surface area contributed by atoms with Gasteiger partial charge >= 0.3 is 0 Å². The number of pyridine rings is 3. The van der Waals surface area contributed by atoms with Crippen LogP contribution in [0.15, 0.2) is 255 Å². The summed E-state index contributed by atoms with van der Waals surface area (Å²) in [6.45, 7) is 13.3. The average Bonchev–Trinajstić information content (AvgIpc) is 1.68. The Bertz CT molecular complexity index is 5870. The maximum atomic E-state index is 5.31. The molecule has 0 saturated carbocycles.